The van der Waals surface area contributed by atoms with Crippen LogP contribution in [0.2, 0.25) is 10.0 Å². The maximum atomic E-state index is 6.20. The van der Waals surface area contributed by atoms with E-state index >= 15 is 0 Å². The summed E-state index contributed by atoms with van der Waals surface area (Å²) in [5.41, 5.74) is 1.09. The largest absolute Gasteiger partial charge is 0.495 e. The highest BCUT2D eigenvalue weighted by atomic mass is 35.5. The highest BCUT2D eigenvalue weighted by molar-refractivity contribution is 6.35. The summed E-state index contributed by atoms with van der Waals surface area (Å²) in [6, 6.07) is 3.68. The zero-order valence-electron chi connectivity index (χ0n) is 11.6. The molecular formula is C15H20Cl2O2. The maximum Gasteiger partial charge on any atom is 0.141 e. The Morgan fingerprint density at radius 2 is 2.00 bits per heavy atom. The van der Waals surface area contributed by atoms with Gasteiger partial charge in [0.2, 0.25) is 0 Å². The number of epoxide rings is 1. The fourth-order valence-electron chi connectivity index (χ4n) is 2.64. The van der Waals surface area contributed by atoms with Crippen molar-refractivity contribution in [2.45, 2.75) is 51.2 Å². The molecule has 0 amide bonds. The standard InChI is InChI=1S/C15H20Cl2O2/c1-4-9(6-14-13(5-2)19-14)11-7-10(16)8-12(17)15(11)18-3/h7-9,13-14H,4-6H2,1-3H3. The topological polar surface area (TPSA) is 21.8 Å². The fourth-order valence-corrected chi connectivity index (χ4v) is 3.22. The van der Waals surface area contributed by atoms with Gasteiger partial charge in [0, 0.05) is 10.6 Å². The third kappa shape index (κ3) is 3.36. The van der Waals surface area contributed by atoms with E-state index in [9.17, 15) is 0 Å². The lowest BCUT2D eigenvalue weighted by Gasteiger charge is -2.19. The van der Waals surface area contributed by atoms with Crippen molar-refractivity contribution in [3.8, 4) is 5.75 Å². The smallest absolute Gasteiger partial charge is 0.141 e. The van der Waals surface area contributed by atoms with E-state index in [4.69, 9.17) is 32.7 Å². The summed E-state index contributed by atoms with van der Waals surface area (Å²) in [5.74, 6) is 1.11. The van der Waals surface area contributed by atoms with Crippen molar-refractivity contribution < 1.29 is 9.47 Å². The average Bonchev–Trinajstić information content (AvgIpc) is 3.13. The molecule has 2 nitrogen and oxygen atoms in total. The number of rotatable bonds is 6. The van der Waals surface area contributed by atoms with E-state index in [1.807, 2.05) is 6.07 Å². The van der Waals surface area contributed by atoms with Gasteiger partial charge in [0.1, 0.15) is 5.75 Å². The van der Waals surface area contributed by atoms with E-state index in [-0.39, 0.29) is 0 Å². The molecule has 0 bridgehead atoms. The van der Waals surface area contributed by atoms with Crippen LogP contribution < -0.4 is 4.74 Å². The molecule has 1 aliphatic rings. The number of hydrogen-bond donors (Lipinski definition) is 0. The van der Waals surface area contributed by atoms with Crippen molar-refractivity contribution in [3.63, 3.8) is 0 Å². The highest BCUT2D eigenvalue weighted by Crippen LogP contribution is 2.42. The molecule has 1 fully saturated rings. The van der Waals surface area contributed by atoms with Crippen LogP contribution in [0.4, 0.5) is 0 Å². The van der Waals surface area contributed by atoms with Gasteiger partial charge in [-0.25, -0.2) is 0 Å². The van der Waals surface area contributed by atoms with Crippen molar-refractivity contribution in [2.75, 3.05) is 7.11 Å². The summed E-state index contributed by atoms with van der Waals surface area (Å²) in [6.07, 6.45) is 3.90. The maximum absolute atomic E-state index is 6.20. The number of methoxy groups -OCH3 is 1. The number of ether oxygens (including phenoxy) is 2. The number of hydrogen-bond acceptors (Lipinski definition) is 2. The first-order chi connectivity index (χ1) is 9.10. The molecule has 3 atom stereocenters. The lowest BCUT2D eigenvalue weighted by Crippen LogP contribution is -2.06. The first-order valence-corrected chi connectivity index (χ1v) is 7.54. The molecule has 2 rings (SSSR count). The first-order valence-electron chi connectivity index (χ1n) is 6.79. The molecule has 3 unspecified atom stereocenters. The average molecular weight is 303 g/mol. The molecule has 0 radical (unpaired) electrons. The van der Waals surface area contributed by atoms with Gasteiger partial charge in [-0.2, -0.15) is 0 Å². The molecule has 4 heteroatoms. The summed E-state index contributed by atoms with van der Waals surface area (Å²) in [5, 5.41) is 1.23. The van der Waals surface area contributed by atoms with Gasteiger partial charge in [0.05, 0.1) is 24.3 Å². The molecule has 1 aromatic rings. The van der Waals surface area contributed by atoms with Crippen LogP contribution >= 0.6 is 23.2 Å². The summed E-state index contributed by atoms with van der Waals surface area (Å²) in [7, 11) is 1.65. The van der Waals surface area contributed by atoms with Crippen molar-refractivity contribution >= 4 is 23.2 Å². The van der Waals surface area contributed by atoms with Crippen LogP contribution in [-0.4, -0.2) is 19.3 Å². The minimum atomic E-state index is 0.368. The van der Waals surface area contributed by atoms with Crippen LogP contribution in [0, 0.1) is 0 Å². The van der Waals surface area contributed by atoms with Gasteiger partial charge in [-0.1, -0.05) is 37.0 Å². The zero-order chi connectivity index (χ0) is 14.0. The van der Waals surface area contributed by atoms with Crippen LogP contribution in [-0.2, 0) is 4.74 Å². The van der Waals surface area contributed by atoms with Gasteiger partial charge < -0.3 is 9.47 Å². The number of halogens is 2. The Labute approximate surface area is 125 Å². The molecule has 0 N–H and O–H groups in total. The second-order valence-electron chi connectivity index (χ2n) is 4.97. The Hall–Kier alpha value is -0.440. The van der Waals surface area contributed by atoms with E-state index in [2.05, 4.69) is 13.8 Å². The van der Waals surface area contributed by atoms with Gasteiger partial charge in [0.25, 0.3) is 0 Å². The summed E-state index contributed by atoms with van der Waals surface area (Å²) < 4.78 is 11.1. The van der Waals surface area contributed by atoms with Crippen LogP contribution in [0.3, 0.4) is 0 Å². The Balaban J connectivity index is 2.22. The Kier molecular flexibility index (Phi) is 4.99. The molecule has 1 aliphatic heterocycles. The fraction of sp³-hybridized carbons (Fsp3) is 0.600. The number of benzene rings is 1. The molecule has 106 valence electrons. The molecule has 0 spiro atoms. The summed E-state index contributed by atoms with van der Waals surface area (Å²) >= 11 is 12.3. The van der Waals surface area contributed by atoms with Gasteiger partial charge >= 0.3 is 0 Å². The molecule has 1 heterocycles. The Morgan fingerprint density at radius 3 is 2.53 bits per heavy atom. The SMILES string of the molecule is CCC(CC1OC1CC)c1cc(Cl)cc(Cl)c1OC. The van der Waals surface area contributed by atoms with E-state index < -0.39 is 0 Å². The van der Waals surface area contributed by atoms with Gasteiger partial charge in [-0.15, -0.1) is 0 Å². The van der Waals surface area contributed by atoms with Crippen LogP contribution in [0.1, 0.15) is 44.6 Å². The molecule has 1 saturated heterocycles. The molecule has 0 saturated carbocycles. The van der Waals surface area contributed by atoms with E-state index in [1.165, 1.54) is 0 Å². The van der Waals surface area contributed by atoms with Gasteiger partial charge in [-0.3, -0.25) is 0 Å². The minimum Gasteiger partial charge on any atom is -0.495 e. The van der Waals surface area contributed by atoms with Crippen LogP contribution in [0.5, 0.6) is 5.75 Å². The third-order valence-corrected chi connectivity index (χ3v) is 4.28. The monoisotopic (exact) mass is 302 g/mol. The third-order valence-electron chi connectivity index (χ3n) is 3.78. The molecule has 19 heavy (non-hydrogen) atoms. The van der Waals surface area contributed by atoms with Crippen molar-refractivity contribution in [1.29, 1.82) is 0 Å². The lowest BCUT2D eigenvalue weighted by molar-refractivity contribution is 0.345. The van der Waals surface area contributed by atoms with Gasteiger partial charge in [0.15, 0.2) is 0 Å². The second kappa shape index (κ2) is 6.34. The van der Waals surface area contributed by atoms with E-state index in [0.717, 1.165) is 30.6 Å². The van der Waals surface area contributed by atoms with Crippen LogP contribution in [0.25, 0.3) is 0 Å². The first kappa shape index (κ1) is 15.0. The van der Waals surface area contributed by atoms with E-state index in [1.54, 1.807) is 13.2 Å². The Bertz CT molecular complexity index is 448. The predicted molar refractivity (Wildman–Crippen MR) is 79.6 cm³/mol. The summed E-state index contributed by atoms with van der Waals surface area (Å²) in [4.78, 5) is 0. The lowest BCUT2D eigenvalue weighted by atomic mass is 9.90. The molecule has 1 aromatic carbocycles. The van der Waals surface area contributed by atoms with Crippen molar-refractivity contribution in [3.05, 3.63) is 27.7 Å². The minimum absolute atomic E-state index is 0.368. The van der Waals surface area contributed by atoms with Crippen molar-refractivity contribution in [1.82, 2.24) is 0 Å². The zero-order valence-corrected chi connectivity index (χ0v) is 13.1. The van der Waals surface area contributed by atoms with Crippen LogP contribution in [0.15, 0.2) is 12.1 Å². The molecule has 0 aliphatic carbocycles. The normalized spacial score (nSPS) is 23.2. The predicted octanol–water partition coefficient (Wildman–Crippen LogP) is 5.06. The molecule has 0 aromatic heterocycles. The van der Waals surface area contributed by atoms with Crippen molar-refractivity contribution in [2.24, 2.45) is 0 Å². The highest BCUT2D eigenvalue weighted by Gasteiger charge is 2.39. The quantitative estimate of drug-likeness (QED) is 0.685. The molecular weight excluding hydrogens is 283 g/mol. The second-order valence-corrected chi connectivity index (χ2v) is 5.82. The summed E-state index contributed by atoms with van der Waals surface area (Å²) in [6.45, 7) is 4.32. The Morgan fingerprint density at radius 1 is 1.26 bits per heavy atom. The van der Waals surface area contributed by atoms with Gasteiger partial charge in [-0.05, 0) is 37.3 Å². The van der Waals surface area contributed by atoms with E-state index in [0.29, 0.717) is 28.2 Å².